The van der Waals surface area contributed by atoms with Crippen LogP contribution in [0.3, 0.4) is 0 Å². The standard InChI is InChI=1S/C15H21FN2O3.ClH/c1-21-11-10-17-8-9-18-15(20)7-6-14(19)12-2-4-13(16)5-3-12;/h2-5,17H,6-11H2,1H3,(H,18,20);1H. The molecule has 1 rings (SSSR count). The van der Waals surface area contributed by atoms with Crippen molar-refractivity contribution in [1.82, 2.24) is 10.6 Å². The largest absolute Gasteiger partial charge is 0.383 e. The summed E-state index contributed by atoms with van der Waals surface area (Å²) in [6, 6.07) is 5.32. The summed E-state index contributed by atoms with van der Waals surface area (Å²) in [6.07, 6.45) is 0.253. The summed E-state index contributed by atoms with van der Waals surface area (Å²) in [5.74, 6) is -0.715. The molecule has 0 fully saturated rings. The first-order chi connectivity index (χ1) is 10.1. The van der Waals surface area contributed by atoms with Gasteiger partial charge in [-0.3, -0.25) is 9.59 Å². The Bertz CT molecular complexity index is 455. The zero-order chi connectivity index (χ0) is 15.5. The van der Waals surface area contributed by atoms with Gasteiger partial charge in [0.15, 0.2) is 5.78 Å². The Morgan fingerprint density at radius 3 is 2.41 bits per heavy atom. The van der Waals surface area contributed by atoms with Crippen molar-refractivity contribution in [3.05, 3.63) is 35.6 Å². The van der Waals surface area contributed by atoms with Crippen LogP contribution in [0, 0.1) is 5.82 Å². The van der Waals surface area contributed by atoms with E-state index in [9.17, 15) is 14.0 Å². The number of nitrogens with one attached hydrogen (secondary N) is 2. The molecule has 0 radical (unpaired) electrons. The molecule has 22 heavy (non-hydrogen) atoms. The lowest BCUT2D eigenvalue weighted by molar-refractivity contribution is -0.121. The highest BCUT2D eigenvalue weighted by Gasteiger charge is 2.09. The minimum atomic E-state index is -0.384. The Morgan fingerprint density at radius 2 is 1.77 bits per heavy atom. The van der Waals surface area contributed by atoms with Gasteiger partial charge in [-0.25, -0.2) is 4.39 Å². The van der Waals surface area contributed by atoms with E-state index in [1.54, 1.807) is 7.11 Å². The zero-order valence-electron chi connectivity index (χ0n) is 12.6. The first-order valence-electron chi connectivity index (χ1n) is 6.88. The Balaban J connectivity index is 0.00000441. The van der Waals surface area contributed by atoms with E-state index in [0.29, 0.717) is 25.3 Å². The van der Waals surface area contributed by atoms with Crippen LogP contribution in [-0.2, 0) is 9.53 Å². The van der Waals surface area contributed by atoms with Crippen LogP contribution in [0.5, 0.6) is 0 Å². The van der Waals surface area contributed by atoms with Crippen LogP contribution in [0.2, 0.25) is 0 Å². The van der Waals surface area contributed by atoms with Gasteiger partial charge in [0.05, 0.1) is 6.61 Å². The monoisotopic (exact) mass is 332 g/mol. The van der Waals surface area contributed by atoms with Crippen LogP contribution in [0.15, 0.2) is 24.3 Å². The molecule has 124 valence electrons. The smallest absolute Gasteiger partial charge is 0.220 e. The van der Waals surface area contributed by atoms with E-state index < -0.39 is 0 Å². The lowest BCUT2D eigenvalue weighted by atomic mass is 10.1. The Labute approximate surface area is 136 Å². The minimum absolute atomic E-state index is 0. The first kappa shape index (κ1) is 20.5. The number of methoxy groups -OCH3 is 1. The molecular formula is C15H22ClFN2O3. The fourth-order valence-corrected chi connectivity index (χ4v) is 1.69. The van der Waals surface area contributed by atoms with E-state index in [0.717, 1.165) is 6.54 Å². The second kappa shape index (κ2) is 12.1. The van der Waals surface area contributed by atoms with Crippen molar-refractivity contribution in [1.29, 1.82) is 0 Å². The molecule has 0 aromatic heterocycles. The molecule has 0 aliphatic rings. The number of halogens is 2. The van der Waals surface area contributed by atoms with Crippen LogP contribution in [-0.4, -0.2) is 45.0 Å². The third-order valence-electron chi connectivity index (χ3n) is 2.85. The number of benzene rings is 1. The number of amides is 1. The highest BCUT2D eigenvalue weighted by atomic mass is 35.5. The van der Waals surface area contributed by atoms with Crippen molar-refractivity contribution in [3.63, 3.8) is 0 Å². The van der Waals surface area contributed by atoms with Gasteiger partial charge in [-0.15, -0.1) is 12.4 Å². The van der Waals surface area contributed by atoms with Gasteiger partial charge in [-0.05, 0) is 24.3 Å². The van der Waals surface area contributed by atoms with Gasteiger partial charge in [0, 0.05) is 45.1 Å². The number of hydrogen-bond acceptors (Lipinski definition) is 4. The summed E-state index contributed by atoms with van der Waals surface area (Å²) in [7, 11) is 1.63. The van der Waals surface area contributed by atoms with Crippen LogP contribution < -0.4 is 10.6 Å². The number of hydrogen-bond donors (Lipinski definition) is 2. The van der Waals surface area contributed by atoms with E-state index in [2.05, 4.69) is 10.6 Å². The topological polar surface area (TPSA) is 67.4 Å². The molecular weight excluding hydrogens is 311 g/mol. The Morgan fingerprint density at radius 1 is 1.09 bits per heavy atom. The fraction of sp³-hybridized carbons (Fsp3) is 0.467. The third kappa shape index (κ3) is 8.71. The molecule has 0 aliphatic carbocycles. The molecule has 1 aromatic rings. The number of Topliss-reactive ketones (excluding diaryl/α,β-unsaturated/α-hetero) is 1. The summed E-state index contributed by atoms with van der Waals surface area (Å²) in [6.45, 7) is 2.52. The quantitative estimate of drug-likeness (QED) is 0.504. The maximum Gasteiger partial charge on any atom is 0.220 e. The van der Waals surface area contributed by atoms with E-state index in [4.69, 9.17) is 4.74 Å². The summed E-state index contributed by atoms with van der Waals surface area (Å²) in [5.41, 5.74) is 0.422. The molecule has 2 N–H and O–H groups in total. The average Bonchev–Trinajstić information content (AvgIpc) is 2.49. The van der Waals surface area contributed by atoms with Crippen LogP contribution in [0.1, 0.15) is 23.2 Å². The second-order valence-electron chi connectivity index (χ2n) is 4.52. The molecule has 0 saturated heterocycles. The molecule has 0 unspecified atom stereocenters. The van der Waals surface area contributed by atoms with Crippen molar-refractivity contribution in [2.75, 3.05) is 33.4 Å². The van der Waals surface area contributed by atoms with Gasteiger partial charge < -0.3 is 15.4 Å². The molecule has 0 heterocycles. The van der Waals surface area contributed by atoms with Crippen molar-refractivity contribution in [2.24, 2.45) is 0 Å². The second-order valence-corrected chi connectivity index (χ2v) is 4.52. The summed E-state index contributed by atoms with van der Waals surface area (Å²) < 4.78 is 17.6. The molecule has 0 saturated carbocycles. The SMILES string of the molecule is COCCNCCNC(=O)CCC(=O)c1ccc(F)cc1.Cl. The average molecular weight is 333 g/mol. The third-order valence-corrected chi connectivity index (χ3v) is 2.85. The first-order valence-corrected chi connectivity index (χ1v) is 6.88. The van der Waals surface area contributed by atoms with E-state index >= 15 is 0 Å². The summed E-state index contributed by atoms with van der Waals surface area (Å²) in [4.78, 5) is 23.3. The van der Waals surface area contributed by atoms with Gasteiger partial charge >= 0.3 is 0 Å². The Hall–Kier alpha value is -1.50. The van der Waals surface area contributed by atoms with Gasteiger partial charge in [0.1, 0.15) is 5.82 Å². The van der Waals surface area contributed by atoms with Crippen molar-refractivity contribution in [2.45, 2.75) is 12.8 Å². The molecule has 7 heteroatoms. The van der Waals surface area contributed by atoms with Crippen molar-refractivity contribution in [3.8, 4) is 0 Å². The molecule has 1 amide bonds. The normalized spacial score (nSPS) is 9.91. The minimum Gasteiger partial charge on any atom is -0.383 e. The molecule has 0 spiro atoms. The zero-order valence-corrected chi connectivity index (χ0v) is 13.4. The molecule has 5 nitrogen and oxygen atoms in total. The molecule has 0 atom stereocenters. The predicted octanol–water partition coefficient (Wildman–Crippen LogP) is 1.56. The number of rotatable bonds is 10. The number of carbonyl (C=O) groups is 2. The summed E-state index contributed by atoms with van der Waals surface area (Å²) >= 11 is 0. The lowest BCUT2D eigenvalue weighted by Gasteiger charge is -2.06. The Kier molecular flexibility index (Phi) is 11.3. The van der Waals surface area contributed by atoms with E-state index in [-0.39, 0.29) is 42.8 Å². The van der Waals surface area contributed by atoms with Gasteiger partial charge in [-0.2, -0.15) is 0 Å². The highest BCUT2D eigenvalue weighted by molar-refractivity contribution is 5.97. The number of carbonyl (C=O) groups excluding carboxylic acids is 2. The van der Waals surface area contributed by atoms with Crippen LogP contribution >= 0.6 is 12.4 Å². The maximum atomic E-state index is 12.7. The number of ether oxygens (including phenoxy) is 1. The van der Waals surface area contributed by atoms with Gasteiger partial charge in [0.2, 0.25) is 5.91 Å². The van der Waals surface area contributed by atoms with Gasteiger partial charge in [-0.1, -0.05) is 0 Å². The number of ketones is 1. The fourth-order valence-electron chi connectivity index (χ4n) is 1.69. The van der Waals surface area contributed by atoms with Crippen molar-refractivity contribution >= 4 is 24.1 Å². The molecule has 1 aromatic carbocycles. The lowest BCUT2D eigenvalue weighted by Crippen LogP contribution is -2.33. The van der Waals surface area contributed by atoms with Crippen molar-refractivity contribution < 1.29 is 18.7 Å². The molecule has 0 aliphatic heterocycles. The molecule has 0 bridgehead atoms. The van der Waals surface area contributed by atoms with Crippen LogP contribution in [0.4, 0.5) is 4.39 Å². The van der Waals surface area contributed by atoms with E-state index in [1.807, 2.05) is 0 Å². The highest BCUT2D eigenvalue weighted by Crippen LogP contribution is 2.07. The maximum absolute atomic E-state index is 12.7. The van der Waals surface area contributed by atoms with Crippen LogP contribution in [0.25, 0.3) is 0 Å². The summed E-state index contributed by atoms with van der Waals surface area (Å²) in [5, 5.41) is 5.82. The van der Waals surface area contributed by atoms with Gasteiger partial charge in [0.25, 0.3) is 0 Å². The predicted molar refractivity (Wildman–Crippen MR) is 85.0 cm³/mol. The van der Waals surface area contributed by atoms with E-state index in [1.165, 1.54) is 24.3 Å².